The summed E-state index contributed by atoms with van der Waals surface area (Å²) in [5.74, 6) is 1.74. The number of likely N-dealkylation sites (tertiary alicyclic amines) is 1. The van der Waals surface area contributed by atoms with Crippen LogP contribution in [0, 0.1) is 5.92 Å². The number of hydrogen-bond donors (Lipinski definition) is 1. The van der Waals surface area contributed by atoms with Crippen LogP contribution in [0.5, 0.6) is 0 Å². The average molecular weight is 283 g/mol. The lowest BCUT2D eigenvalue weighted by Crippen LogP contribution is -2.20. The van der Waals surface area contributed by atoms with Gasteiger partial charge in [-0.1, -0.05) is 37.3 Å². The predicted molar refractivity (Wildman–Crippen MR) is 81.3 cm³/mol. The highest BCUT2D eigenvalue weighted by Crippen LogP contribution is 2.30. The van der Waals surface area contributed by atoms with Crippen LogP contribution in [-0.4, -0.2) is 33.2 Å². The first kappa shape index (κ1) is 14.1. The summed E-state index contributed by atoms with van der Waals surface area (Å²) in [5.41, 5.74) is 7.63. The van der Waals surface area contributed by atoms with E-state index in [4.69, 9.17) is 5.73 Å². The molecule has 1 saturated heterocycles. The Morgan fingerprint density at radius 2 is 2.00 bits per heavy atom. The Balaban J connectivity index is 1.67. The molecular formula is C16H21N5. The summed E-state index contributed by atoms with van der Waals surface area (Å²) in [4.78, 5) is 6.91. The summed E-state index contributed by atoms with van der Waals surface area (Å²) in [6.07, 6.45) is 1.74. The number of nitrogens with zero attached hydrogens (tertiary/aromatic N) is 4. The first-order chi connectivity index (χ1) is 10.3. The normalized spacial score (nSPS) is 22.6. The molecule has 5 nitrogen and oxygen atoms in total. The third kappa shape index (κ3) is 3.25. The summed E-state index contributed by atoms with van der Waals surface area (Å²) in [7, 11) is 0. The van der Waals surface area contributed by atoms with Crippen LogP contribution in [0.25, 0.3) is 0 Å². The van der Waals surface area contributed by atoms with E-state index in [2.05, 4.69) is 57.3 Å². The minimum atomic E-state index is 0.355. The largest absolute Gasteiger partial charge is 0.325 e. The molecule has 0 aliphatic carbocycles. The van der Waals surface area contributed by atoms with Gasteiger partial charge in [-0.05, 0) is 11.5 Å². The number of aromatic nitrogens is 3. The van der Waals surface area contributed by atoms with Gasteiger partial charge in [-0.25, -0.2) is 4.98 Å². The van der Waals surface area contributed by atoms with E-state index < -0.39 is 0 Å². The van der Waals surface area contributed by atoms with Crippen molar-refractivity contribution in [2.24, 2.45) is 11.7 Å². The molecule has 2 heterocycles. The maximum atomic E-state index is 5.54. The first-order valence-corrected chi connectivity index (χ1v) is 7.41. The minimum Gasteiger partial charge on any atom is -0.325 e. The van der Waals surface area contributed by atoms with Crippen molar-refractivity contribution >= 4 is 0 Å². The molecule has 1 aliphatic rings. The van der Waals surface area contributed by atoms with Gasteiger partial charge in [-0.3, -0.25) is 4.90 Å². The van der Waals surface area contributed by atoms with Crippen LogP contribution in [0.15, 0.2) is 36.5 Å². The molecule has 2 aromatic rings. The van der Waals surface area contributed by atoms with Crippen molar-refractivity contribution in [3.8, 4) is 0 Å². The number of nitrogens with two attached hydrogens (primary N) is 1. The first-order valence-electron chi connectivity index (χ1n) is 7.41. The van der Waals surface area contributed by atoms with E-state index in [1.807, 2.05) is 0 Å². The molecule has 1 aromatic carbocycles. The van der Waals surface area contributed by atoms with Crippen molar-refractivity contribution in [3.63, 3.8) is 0 Å². The van der Waals surface area contributed by atoms with Gasteiger partial charge in [-0.15, -0.1) is 5.10 Å². The zero-order valence-corrected chi connectivity index (χ0v) is 12.3. The van der Waals surface area contributed by atoms with Crippen LogP contribution in [0.4, 0.5) is 0 Å². The van der Waals surface area contributed by atoms with Gasteiger partial charge in [0.05, 0.1) is 11.9 Å². The summed E-state index contributed by atoms with van der Waals surface area (Å²) < 4.78 is 0. The van der Waals surface area contributed by atoms with Crippen molar-refractivity contribution in [2.45, 2.75) is 25.9 Å². The van der Waals surface area contributed by atoms with Gasteiger partial charge in [0.2, 0.25) is 0 Å². The molecule has 0 radical (unpaired) electrons. The monoisotopic (exact) mass is 283 g/mol. The van der Waals surface area contributed by atoms with Crippen molar-refractivity contribution in [1.82, 2.24) is 20.1 Å². The Morgan fingerprint density at radius 3 is 2.67 bits per heavy atom. The summed E-state index contributed by atoms with van der Waals surface area (Å²) >= 11 is 0. The molecule has 0 unspecified atom stereocenters. The maximum absolute atomic E-state index is 5.54. The van der Waals surface area contributed by atoms with Crippen molar-refractivity contribution in [2.75, 3.05) is 13.1 Å². The summed E-state index contributed by atoms with van der Waals surface area (Å²) in [6.45, 7) is 5.69. The molecule has 2 atom stereocenters. The highest BCUT2D eigenvalue weighted by atomic mass is 15.2. The van der Waals surface area contributed by atoms with E-state index in [0.717, 1.165) is 31.2 Å². The van der Waals surface area contributed by atoms with E-state index in [0.29, 0.717) is 18.4 Å². The molecule has 1 aromatic heterocycles. The topological polar surface area (TPSA) is 67.9 Å². The SMILES string of the molecule is C[C@@H]1CN(Cc2ccccc2)C[C@H]1c1ncc(CN)nn1. The predicted octanol–water partition coefficient (Wildman–Crippen LogP) is 1.57. The van der Waals surface area contributed by atoms with E-state index in [9.17, 15) is 0 Å². The Bertz CT molecular complexity index is 569. The number of benzene rings is 1. The molecule has 3 rings (SSSR count). The third-order valence-corrected chi connectivity index (χ3v) is 4.10. The third-order valence-electron chi connectivity index (χ3n) is 4.10. The highest BCUT2D eigenvalue weighted by Gasteiger charge is 2.32. The van der Waals surface area contributed by atoms with Crippen LogP contribution < -0.4 is 5.73 Å². The molecule has 5 heteroatoms. The maximum Gasteiger partial charge on any atom is 0.155 e. The second-order valence-corrected chi connectivity index (χ2v) is 5.78. The molecule has 0 bridgehead atoms. The van der Waals surface area contributed by atoms with Crippen LogP contribution in [0.3, 0.4) is 0 Å². The van der Waals surface area contributed by atoms with E-state index in [1.54, 1.807) is 6.20 Å². The molecule has 110 valence electrons. The quantitative estimate of drug-likeness (QED) is 0.922. The van der Waals surface area contributed by atoms with Crippen LogP contribution in [-0.2, 0) is 13.1 Å². The van der Waals surface area contributed by atoms with Crippen LogP contribution in [0.2, 0.25) is 0 Å². The molecule has 1 aliphatic heterocycles. The second kappa shape index (κ2) is 6.28. The van der Waals surface area contributed by atoms with E-state index >= 15 is 0 Å². The fourth-order valence-electron chi connectivity index (χ4n) is 2.95. The minimum absolute atomic E-state index is 0.355. The number of hydrogen-bond acceptors (Lipinski definition) is 5. The molecule has 0 saturated carbocycles. The van der Waals surface area contributed by atoms with Crippen LogP contribution in [0.1, 0.15) is 29.9 Å². The van der Waals surface area contributed by atoms with E-state index in [-0.39, 0.29) is 0 Å². The summed E-state index contributed by atoms with van der Waals surface area (Å²) in [5, 5.41) is 8.38. The van der Waals surface area contributed by atoms with Crippen LogP contribution >= 0.6 is 0 Å². The fraction of sp³-hybridized carbons (Fsp3) is 0.438. The Kier molecular flexibility index (Phi) is 4.22. The van der Waals surface area contributed by atoms with Gasteiger partial charge >= 0.3 is 0 Å². The smallest absolute Gasteiger partial charge is 0.155 e. The Morgan fingerprint density at radius 1 is 1.19 bits per heavy atom. The lowest BCUT2D eigenvalue weighted by molar-refractivity contribution is 0.318. The van der Waals surface area contributed by atoms with Crippen molar-refractivity contribution in [3.05, 3.63) is 53.6 Å². The average Bonchev–Trinajstić information content (AvgIpc) is 2.89. The van der Waals surface area contributed by atoms with Gasteiger partial charge in [-0.2, -0.15) is 5.10 Å². The van der Waals surface area contributed by atoms with Gasteiger partial charge in [0.15, 0.2) is 5.82 Å². The lowest BCUT2D eigenvalue weighted by Gasteiger charge is -2.15. The second-order valence-electron chi connectivity index (χ2n) is 5.78. The zero-order valence-electron chi connectivity index (χ0n) is 12.3. The molecule has 21 heavy (non-hydrogen) atoms. The molecule has 2 N–H and O–H groups in total. The summed E-state index contributed by atoms with van der Waals surface area (Å²) in [6, 6.07) is 10.6. The Hall–Kier alpha value is -1.85. The standard InChI is InChI=1S/C16H21N5/c1-12-9-21(10-13-5-3-2-4-6-13)11-15(12)16-18-8-14(7-17)19-20-16/h2-6,8,12,15H,7,9-11,17H2,1H3/t12-,15-/m1/s1. The number of rotatable bonds is 4. The molecule has 0 spiro atoms. The van der Waals surface area contributed by atoms with Gasteiger partial charge in [0.1, 0.15) is 0 Å². The van der Waals surface area contributed by atoms with Crippen molar-refractivity contribution in [1.29, 1.82) is 0 Å². The van der Waals surface area contributed by atoms with Crippen molar-refractivity contribution < 1.29 is 0 Å². The van der Waals surface area contributed by atoms with E-state index in [1.165, 1.54) is 5.56 Å². The van der Waals surface area contributed by atoms with Gasteiger partial charge in [0, 0.05) is 32.1 Å². The molecule has 1 fully saturated rings. The molecule has 0 amide bonds. The lowest BCUT2D eigenvalue weighted by atomic mass is 9.98. The van der Waals surface area contributed by atoms with Gasteiger partial charge < -0.3 is 5.73 Å². The van der Waals surface area contributed by atoms with Gasteiger partial charge in [0.25, 0.3) is 0 Å². The molecular weight excluding hydrogens is 262 g/mol. The highest BCUT2D eigenvalue weighted by molar-refractivity contribution is 5.15. The Labute approximate surface area is 125 Å². The fourth-order valence-corrected chi connectivity index (χ4v) is 2.95. The zero-order chi connectivity index (χ0) is 14.7.